The van der Waals surface area contributed by atoms with Crippen molar-refractivity contribution in [3.63, 3.8) is 0 Å². The fourth-order valence-corrected chi connectivity index (χ4v) is 2.44. The summed E-state index contributed by atoms with van der Waals surface area (Å²) >= 11 is 0. The van der Waals surface area contributed by atoms with Crippen LogP contribution in [0.2, 0.25) is 0 Å². The number of piperazine rings is 1. The molecule has 0 atom stereocenters. The van der Waals surface area contributed by atoms with Crippen LogP contribution in [0.4, 0.5) is 5.95 Å². The zero-order valence-electron chi connectivity index (χ0n) is 8.94. The first-order valence-electron chi connectivity index (χ1n) is 4.89. The smallest absolute Gasteiger partial charge is 0.228 e. The number of nitrogens with zero attached hydrogens (tertiary/aromatic N) is 5. The molecule has 7 nitrogen and oxygen atoms in total. The van der Waals surface area contributed by atoms with E-state index < -0.39 is 10.0 Å². The lowest BCUT2D eigenvalue weighted by Crippen LogP contribution is -2.48. The van der Waals surface area contributed by atoms with Gasteiger partial charge in [-0.05, 0) is 0 Å². The van der Waals surface area contributed by atoms with E-state index in [1.165, 1.54) is 23.2 Å². The molecular formula is C8H13N5O2S. The van der Waals surface area contributed by atoms with Gasteiger partial charge in [-0.1, -0.05) is 0 Å². The Kier molecular flexibility index (Phi) is 3.01. The summed E-state index contributed by atoms with van der Waals surface area (Å²) in [4.78, 5) is 13.7. The van der Waals surface area contributed by atoms with Crippen LogP contribution in [-0.4, -0.2) is 60.1 Å². The van der Waals surface area contributed by atoms with Gasteiger partial charge in [-0.3, -0.25) is 0 Å². The Balaban J connectivity index is 2.01. The van der Waals surface area contributed by atoms with Gasteiger partial charge in [0.15, 0.2) is 0 Å². The van der Waals surface area contributed by atoms with Gasteiger partial charge in [0, 0.05) is 26.2 Å². The molecule has 1 aromatic heterocycles. The first kappa shape index (κ1) is 11.2. The third-order valence-electron chi connectivity index (χ3n) is 2.47. The van der Waals surface area contributed by atoms with Crippen LogP contribution in [0, 0.1) is 0 Å². The van der Waals surface area contributed by atoms with E-state index in [4.69, 9.17) is 0 Å². The number of sulfonamides is 1. The average molecular weight is 243 g/mol. The molecule has 0 radical (unpaired) electrons. The Morgan fingerprint density at radius 3 is 2.19 bits per heavy atom. The Morgan fingerprint density at radius 1 is 1.12 bits per heavy atom. The molecule has 0 saturated carbocycles. The van der Waals surface area contributed by atoms with Crippen molar-refractivity contribution in [3.8, 4) is 0 Å². The molecule has 0 aliphatic carbocycles. The van der Waals surface area contributed by atoms with Gasteiger partial charge >= 0.3 is 0 Å². The van der Waals surface area contributed by atoms with Gasteiger partial charge in [0.1, 0.15) is 12.7 Å². The molecule has 2 heterocycles. The second kappa shape index (κ2) is 4.30. The molecule has 16 heavy (non-hydrogen) atoms. The fraction of sp³-hybridized carbons (Fsp3) is 0.625. The highest BCUT2D eigenvalue weighted by molar-refractivity contribution is 7.88. The minimum absolute atomic E-state index is 0.477. The summed E-state index contributed by atoms with van der Waals surface area (Å²) in [7, 11) is -3.08. The van der Waals surface area contributed by atoms with E-state index in [-0.39, 0.29) is 0 Å². The first-order valence-corrected chi connectivity index (χ1v) is 6.74. The van der Waals surface area contributed by atoms with Crippen molar-refractivity contribution in [2.75, 3.05) is 37.3 Å². The molecule has 0 spiro atoms. The molecule has 0 unspecified atom stereocenters. The molecule has 1 saturated heterocycles. The van der Waals surface area contributed by atoms with Gasteiger partial charge in [0.2, 0.25) is 16.0 Å². The quantitative estimate of drug-likeness (QED) is 0.659. The maximum Gasteiger partial charge on any atom is 0.228 e. The molecule has 1 aliphatic heterocycles. The van der Waals surface area contributed by atoms with Crippen molar-refractivity contribution in [1.82, 2.24) is 19.3 Å². The summed E-state index contributed by atoms with van der Waals surface area (Å²) in [5.74, 6) is 0.600. The van der Waals surface area contributed by atoms with Gasteiger partial charge in [0.25, 0.3) is 0 Å². The molecule has 0 amide bonds. The molecule has 2 rings (SSSR count). The molecule has 1 aliphatic rings. The van der Waals surface area contributed by atoms with Crippen LogP contribution in [0.5, 0.6) is 0 Å². The normalized spacial score (nSPS) is 18.7. The maximum absolute atomic E-state index is 11.3. The van der Waals surface area contributed by atoms with Crippen molar-refractivity contribution in [3.05, 3.63) is 12.7 Å². The zero-order chi connectivity index (χ0) is 11.6. The monoisotopic (exact) mass is 243 g/mol. The number of aromatic nitrogens is 3. The summed E-state index contributed by atoms with van der Waals surface area (Å²) in [6.45, 7) is 2.17. The molecule has 8 heteroatoms. The van der Waals surface area contributed by atoms with Crippen LogP contribution in [0.1, 0.15) is 0 Å². The van der Waals surface area contributed by atoms with Gasteiger partial charge < -0.3 is 4.90 Å². The van der Waals surface area contributed by atoms with E-state index in [0.29, 0.717) is 32.1 Å². The Bertz CT molecular complexity index is 441. The van der Waals surface area contributed by atoms with Crippen molar-refractivity contribution < 1.29 is 8.42 Å². The zero-order valence-corrected chi connectivity index (χ0v) is 9.76. The highest BCUT2D eigenvalue weighted by Crippen LogP contribution is 2.10. The van der Waals surface area contributed by atoms with E-state index >= 15 is 0 Å². The molecule has 1 fully saturated rings. The Morgan fingerprint density at radius 2 is 1.69 bits per heavy atom. The van der Waals surface area contributed by atoms with Gasteiger partial charge in [0.05, 0.1) is 6.26 Å². The Hall–Kier alpha value is -1.28. The third kappa shape index (κ3) is 2.45. The van der Waals surface area contributed by atoms with Crippen LogP contribution >= 0.6 is 0 Å². The van der Waals surface area contributed by atoms with Crippen molar-refractivity contribution in [1.29, 1.82) is 0 Å². The van der Waals surface area contributed by atoms with Gasteiger partial charge in [-0.2, -0.15) is 4.31 Å². The maximum atomic E-state index is 11.3. The van der Waals surface area contributed by atoms with Crippen molar-refractivity contribution in [2.24, 2.45) is 0 Å². The van der Waals surface area contributed by atoms with Crippen molar-refractivity contribution in [2.45, 2.75) is 0 Å². The molecular weight excluding hydrogens is 230 g/mol. The largest absolute Gasteiger partial charge is 0.338 e. The summed E-state index contributed by atoms with van der Waals surface area (Å²) in [6.07, 6.45) is 4.10. The molecule has 1 aromatic rings. The van der Waals surface area contributed by atoms with E-state index in [2.05, 4.69) is 15.0 Å². The predicted octanol–water partition coefficient (Wildman–Crippen LogP) is -1.05. The lowest BCUT2D eigenvalue weighted by Gasteiger charge is -2.32. The van der Waals surface area contributed by atoms with Gasteiger partial charge in [-0.15, -0.1) is 0 Å². The van der Waals surface area contributed by atoms with Crippen LogP contribution in [0.25, 0.3) is 0 Å². The fourth-order valence-electron chi connectivity index (χ4n) is 1.62. The minimum Gasteiger partial charge on any atom is -0.338 e. The molecule has 88 valence electrons. The highest BCUT2D eigenvalue weighted by Gasteiger charge is 2.24. The summed E-state index contributed by atoms with van der Waals surface area (Å²) in [5.41, 5.74) is 0. The highest BCUT2D eigenvalue weighted by atomic mass is 32.2. The average Bonchev–Trinajstić information content (AvgIpc) is 2.29. The molecule has 0 aromatic carbocycles. The predicted molar refractivity (Wildman–Crippen MR) is 58.5 cm³/mol. The minimum atomic E-state index is -3.08. The Labute approximate surface area is 94.2 Å². The second-order valence-corrected chi connectivity index (χ2v) is 5.57. The molecule has 0 N–H and O–H groups in total. The first-order chi connectivity index (χ1) is 7.57. The summed E-state index contributed by atoms with van der Waals surface area (Å²) in [6, 6.07) is 0. The lowest BCUT2D eigenvalue weighted by molar-refractivity contribution is 0.385. The number of rotatable bonds is 2. The van der Waals surface area contributed by atoms with Gasteiger partial charge in [-0.25, -0.2) is 23.4 Å². The van der Waals surface area contributed by atoms with E-state index in [1.54, 1.807) is 0 Å². The number of hydrogen-bond donors (Lipinski definition) is 0. The van der Waals surface area contributed by atoms with Crippen LogP contribution < -0.4 is 4.90 Å². The van der Waals surface area contributed by atoms with Crippen molar-refractivity contribution >= 4 is 16.0 Å². The topological polar surface area (TPSA) is 79.3 Å². The number of anilines is 1. The van der Waals surface area contributed by atoms with E-state index in [0.717, 1.165) is 0 Å². The number of hydrogen-bond acceptors (Lipinski definition) is 6. The second-order valence-electron chi connectivity index (χ2n) is 3.59. The van der Waals surface area contributed by atoms with Crippen LogP contribution in [0.15, 0.2) is 12.7 Å². The standard InChI is InChI=1S/C8H13N5O2S/c1-16(14,15)13-4-2-12(3-5-13)8-10-6-9-7-11-8/h6-7H,2-5H2,1H3. The van der Waals surface area contributed by atoms with E-state index in [1.807, 2.05) is 4.90 Å². The lowest BCUT2D eigenvalue weighted by atomic mass is 10.4. The van der Waals surface area contributed by atoms with E-state index in [9.17, 15) is 8.42 Å². The van der Waals surface area contributed by atoms with Crippen LogP contribution in [0.3, 0.4) is 0 Å². The summed E-state index contributed by atoms with van der Waals surface area (Å²) < 4.78 is 24.1. The molecule has 0 bridgehead atoms. The summed E-state index contributed by atoms with van der Waals surface area (Å²) in [5, 5.41) is 0. The third-order valence-corrected chi connectivity index (χ3v) is 3.77. The van der Waals surface area contributed by atoms with Crippen LogP contribution in [-0.2, 0) is 10.0 Å². The SMILES string of the molecule is CS(=O)(=O)N1CCN(c2ncncn2)CC1.